The minimum absolute atomic E-state index is 0.0143. The van der Waals surface area contributed by atoms with Crippen molar-refractivity contribution in [3.8, 4) is 0 Å². The highest BCUT2D eigenvalue weighted by Crippen LogP contribution is 2.35. The van der Waals surface area contributed by atoms with Gasteiger partial charge in [-0.25, -0.2) is 0 Å². The van der Waals surface area contributed by atoms with Crippen LogP contribution in [0.3, 0.4) is 0 Å². The summed E-state index contributed by atoms with van der Waals surface area (Å²) in [6.07, 6.45) is 3.04. The number of carboxylic acids is 1. The van der Waals surface area contributed by atoms with Crippen molar-refractivity contribution in [1.82, 2.24) is 10.6 Å². The van der Waals surface area contributed by atoms with E-state index >= 15 is 0 Å². The molecule has 0 spiro atoms. The summed E-state index contributed by atoms with van der Waals surface area (Å²) >= 11 is 0. The lowest BCUT2D eigenvalue weighted by Crippen LogP contribution is -2.57. The van der Waals surface area contributed by atoms with Crippen LogP contribution in [-0.4, -0.2) is 54.5 Å². The highest BCUT2D eigenvalue weighted by Gasteiger charge is 2.45. The Morgan fingerprint density at radius 3 is 2.24 bits per heavy atom. The molecule has 1 fully saturated rings. The summed E-state index contributed by atoms with van der Waals surface area (Å²) in [6, 6.07) is 0. The van der Waals surface area contributed by atoms with Gasteiger partial charge in [-0.15, -0.1) is 0 Å². The van der Waals surface area contributed by atoms with Gasteiger partial charge >= 0.3 is 5.97 Å². The van der Waals surface area contributed by atoms with Crippen LogP contribution >= 0.6 is 0 Å². The first-order valence-corrected chi connectivity index (χ1v) is 12.2. The Hall–Kier alpha value is -1.67. The summed E-state index contributed by atoms with van der Waals surface area (Å²) in [5, 5.41) is 15.3. The summed E-state index contributed by atoms with van der Waals surface area (Å²) in [5.41, 5.74) is -0.647. The zero-order valence-electron chi connectivity index (χ0n) is 21.9. The lowest BCUT2D eigenvalue weighted by atomic mass is 9.77. The molecule has 3 atom stereocenters. The third-order valence-corrected chi connectivity index (χ3v) is 6.25. The second-order valence-corrected chi connectivity index (χ2v) is 11.4. The maximum absolute atomic E-state index is 12.8. The molecule has 0 aromatic rings. The van der Waals surface area contributed by atoms with E-state index in [1.807, 2.05) is 13.8 Å². The number of carboxylic acid groups (broad SMARTS) is 1. The number of ether oxygens (including phenoxy) is 2. The highest BCUT2D eigenvalue weighted by atomic mass is 16.7. The van der Waals surface area contributed by atoms with E-state index in [4.69, 9.17) is 9.47 Å². The lowest BCUT2D eigenvalue weighted by molar-refractivity contribution is -0.304. The van der Waals surface area contributed by atoms with Crippen molar-refractivity contribution in [1.29, 1.82) is 0 Å². The molecule has 0 saturated carbocycles. The van der Waals surface area contributed by atoms with Gasteiger partial charge < -0.3 is 25.2 Å². The van der Waals surface area contributed by atoms with Gasteiger partial charge in [-0.3, -0.25) is 14.4 Å². The summed E-state index contributed by atoms with van der Waals surface area (Å²) in [4.78, 5) is 37.1. The average molecular weight is 471 g/mol. The van der Waals surface area contributed by atoms with Crippen LogP contribution in [0.1, 0.15) is 87.5 Å². The molecule has 3 unspecified atom stereocenters. The van der Waals surface area contributed by atoms with Gasteiger partial charge in [0.15, 0.2) is 5.79 Å². The fourth-order valence-corrected chi connectivity index (χ4v) is 4.00. The number of unbranched alkanes of at least 4 members (excludes halogenated alkanes) is 1. The summed E-state index contributed by atoms with van der Waals surface area (Å²) < 4.78 is 11.5. The first kappa shape index (κ1) is 29.4. The quantitative estimate of drug-likeness (QED) is 0.375. The molecule has 1 aliphatic rings. The molecule has 0 aromatic heterocycles. The fraction of sp³-hybridized carbons (Fsp3) is 0.880. The Kier molecular flexibility index (Phi) is 10.8. The molecule has 3 N–H and O–H groups in total. The van der Waals surface area contributed by atoms with Crippen molar-refractivity contribution in [2.24, 2.45) is 22.7 Å². The van der Waals surface area contributed by atoms with E-state index in [1.165, 1.54) is 0 Å². The monoisotopic (exact) mass is 470 g/mol. The average Bonchev–Trinajstić information content (AvgIpc) is 2.68. The number of nitrogens with one attached hydrogen (secondary N) is 2. The molecule has 2 amide bonds. The van der Waals surface area contributed by atoms with Gasteiger partial charge in [0.2, 0.25) is 11.8 Å². The smallest absolute Gasteiger partial charge is 0.308 e. The van der Waals surface area contributed by atoms with Gasteiger partial charge in [-0.2, -0.15) is 0 Å². The number of aliphatic carboxylic acids is 1. The minimum atomic E-state index is -0.968. The van der Waals surface area contributed by atoms with E-state index in [0.717, 1.165) is 19.3 Å². The van der Waals surface area contributed by atoms with E-state index < -0.39 is 29.2 Å². The maximum Gasteiger partial charge on any atom is 0.308 e. The van der Waals surface area contributed by atoms with Gasteiger partial charge in [0.25, 0.3) is 0 Å². The van der Waals surface area contributed by atoms with Crippen molar-refractivity contribution in [2.75, 3.05) is 19.7 Å². The first-order valence-electron chi connectivity index (χ1n) is 12.2. The van der Waals surface area contributed by atoms with Crippen LogP contribution in [0.5, 0.6) is 0 Å². The fourth-order valence-electron chi connectivity index (χ4n) is 4.00. The second kappa shape index (κ2) is 12.2. The topological polar surface area (TPSA) is 114 Å². The lowest BCUT2D eigenvalue weighted by Gasteiger charge is -2.44. The van der Waals surface area contributed by atoms with Crippen LogP contribution in [0, 0.1) is 22.7 Å². The van der Waals surface area contributed by atoms with Crippen LogP contribution in [-0.2, 0) is 23.9 Å². The predicted molar refractivity (Wildman–Crippen MR) is 128 cm³/mol. The van der Waals surface area contributed by atoms with E-state index in [0.29, 0.717) is 26.0 Å². The zero-order chi connectivity index (χ0) is 25.4. The molecule has 8 heteroatoms. The number of carbonyl (C=O) groups excluding carboxylic acids is 2. The number of rotatable bonds is 12. The van der Waals surface area contributed by atoms with Gasteiger partial charge in [-0.05, 0) is 38.5 Å². The number of carbonyl (C=O) groups is 3. The van der Waals surface area contributed by atoms with Crippen molar-refractivity contribution >= 4 is 17.8 Å². The first-order chi connectivity index (χ1) is 15.1. The molecular weight excluding hydrogens is 424 g/mol. The van der Waals surface area contributed by atoms with E-state index in [1.54, 1.807) is 13.8 Å². The molecule has 0 aromatic carbocycles. The third-order valence-electron chi connectivity index (χ3n) is 6.25. The Balaban J connectivity index is 2.55. The molecule has 8 nitrogen and oxygen atoms in total. The van der Waals surface area contributed by atoms with Crippen LogP contribution < -0.4 is 10.6 Å². The van der Waals surface area contributed by atoms with Crippen molar-refractivity contribution in [2.45, 2.75) is 99.4 Å². The SMILES string of the molecule is CCCCC(C(=O)NCCCC(CNC(=O)C1OC(C)(C)OCC1(C)C)C(=O)O)C(C)(C)C. The maximum atomic E-state index is 12.8. The normalized spacial score (nSPS) is 21.6. The number of hydrogen-bond acceptors (Lipinski definition) is 5. The van der Waals surface area contributed by atoms with Crippen molar-refractivity contribution in [3.05, 3.63) is 0 Å². The summed E-state index contributed by atoms with van der Waals surface area (Å²) in [6.45, 7) is 16.4. The molecule has 192 valence electrons. The standard InChI is InChI=1S/C25H46N2O6/c1-9-10-13-18(23(2,3)4)20(28)26-14-11-12-17(22(30)31)15-27-21(29)19-24(5,6)16-32-25(7,8)33-19/h17-19H,9-16H2,1-8H3,(H,26,28)(H,27,29)(H,30,31). The van der Waals surface area contributed by atoms with E-state index in [2.05, 4.69) is 38.3 Å². The predicted octanol–water partition coefficient (Wildman–Crippen LogP) is 3.73. The van der Waals surface area contributed by atoms with Crippen LogP contribution in [0.15, 0.2) is 0 Å². The molecule has 0 radical (unpaired) electrons. The number of hydrogen-bond donors (Lipinski definition) is 3. The largest absolute Gasteiger partial charge is 0.481 e. The van der Waals surface area contributed by atoms with E-state index in [9.17, 15) is 19.5 Å². The second-order valence-electron chi connectivity index (χ2n) is 11.4. The van der Waals surface area contributed by atoms with E-state index in [-0.39, 0.29) is 29.7 Å². The summed E-state index contributed by atoms with van der Waals surface area (Å²) in [5.74, 6) is -2.95. The zero-order valence-corrected chi connectivity index (χ0v) is 21.9. The molecule has 1 heterocycles. The molecular formula is C25H46N2O6. The number of amides is 2. The Bertz CT molecular complexity index is 668. The molecule has 1 rings (SSSR count). The Morgan fingerprint density at radius 1 is 1.06 bits per heavy atom. The van der Waals surface area contributed by atoms with Crippen molar-refractivity contribution < 1.29 is 29.0 Å². The van der Waals surface area contributed by atoms with Crippen molar-refractivity contribution in [3.63, 3.8) is 0 Å². The van der Waals surface area contributed by atoms with Crippen LogP contribution in [0.2, 0.25) is 0 Å². The molecule has 1 saturated heterocycles. The van der Waals surface area contributed by atoms with Gasteiger partial charge in [0.05, 0.1) is 12.5 Å². The van der Waals surface area contributed by atoms with Gasteiger partial charge in [0.1, 0.15) is 6.10 Å². The van der Waals surface area contributed by atoms with Crippen LogP contribution in [0.4, 0.5) is 0 Å². The minimum Gasteiger partial charge on any atom is -0.481 e. The third kappa shape index (κ3) is 9.61. The molecule has 1 aliphatic heterocycles. The molecule has 0 aliphatic carbocycles. The van der Waals surface area contributed by atoms with Gasteiger partial charge in [0, 0.05) is 24.4 Å². The molecule has 0 bridgehead atoms. The Morgan fingerprint density at radius 2 is 1.70 bits per heavy atom. The highest BCUT2D eigenvalue weighted by molar-refractivity contribution is 5.82. The summed E-state index contributed by atoms with van der Waals surface area (Å²) in [7, 11) is 0. The van der Waals surface area contributed by atoms with Crippen LogP contribution in [0.25, 0.3) is 0 Å². The molecule has 33 heavy (non-hydrogen) atoms. The Labute approximate surface area is 199 Å². The van der Waals surface area contributed by atoms with Gasteiger partial charge in [-0.1, -0.05) is 54.4 Å².